The highest BCUT2D eigenvalue weighted by Crippen LogP contribution is 2.29. The fourth-order valence-corrected chi connectivity index (χ4v) is 2.46. The van der Waals surface area contributed by atoms with E-state index in [1.807, 2.05) is 19.9 Å². The van der Waals surface area contributed by atoms with Crippen LogP contribution in [0.1, 0.15) is 16.7 Å². The predicted octanol–water partition coefficient (Wildman–Crippen LogP) is 2.41. The highest BCUT2D eigenvalue weighted by atomic mass is 16.5. The molecule has 0 unspecified atom stereocenters. The molecule has 2 aromatic rings. The van der Waals surface area contributed by atoms with E-state index in [1.165, 1.54) is 20.4 Å². The van der Waals surface area contributed by atoms with Crippen LogP contribution in [-0.4, -0.2) is 32.2 Å². The van der Waals surface area contributed by atoms with Crippen molar-refractivity contribution in [2.45, 2.75) is 13.8 Å². The molecule has 2 aromatic carbocycles. The molecular weight excluding hydrogens is 334 g/mol. The van der Waals surface area contributed by atoms with Gasteiger partial charge >= 0.3 is 11.8 Å². The molecule has 7 heteroatoms. The van der Waals surface area contributed by atoms with Crippen molar-refractivity contribution >= 4 is 23.7 Å². The summed E-state index contributed by atoms with van der Waals surface area (Å²) >= 11 is 0. The van der Waals surface area contributed by atoms with Crippen molar-refractivity contribution in [1.29, 1.82) is 0 Å². The van der Waals surface area contributed by atoms with Crippen LogP contribution in [0.25, 0.3) is 0 Å². The van der Waals surface area contributed by atoms with Gasteiger partial charge in [0, 0.05) is 11.3 Å². The fraction of sp³-hybridized carbons (Fsp3) is 0.211. The number of aryl methyl sites for hydroxylation is 2. The Morgan fingerprint density at radius 2 is 1.69 bits per heavy atom. The van der Waals surface area contributed by atoms with Crippen LogP contribution in [0.15, 0.2) is 41.5 Å². The maximum atomic E-state index is 12.0. The van der Waals surface area contributed by atoms with Crippen molar-refractivity contribution in [2.75, 3.05) is 19.5 Å². The molecule has 26 heavy (non-hydrogen) atoms. The van der Waals surface area contributed by atoms with Gasteiger partial charge in [-0.15, -0.1) is 0 Å². The number of rotatable bonds is 5. The van der Waals surface area contributed by atoms with E-state index in [4.69, 9.17) is 9.47 Å². The van der Waals surface area contributed by atoms with Crippen LogP contribution >= 0.6 is 0 Å². The summed E-state index contributed by atoms with van der Waals surface area (Å²) in [6.07, 6.45) is 1.38. The minimum atomic E-state index is -0.873. The average molecular weight is 355 g/mol. The SMILES string of the molecule is COc1cccc(/C=N\NC(=O)C(=O)Nc2cc(C)cc(C)c2)c1OC. The van der Waals surface area contributed by atoms with Crippen molar-refractivity contribution in [1.82, 2.24) is 5.43 Å². The van der Waals surface area contributed by atoms with Crippen LogP contribution in [0.2, 0.25) is 0 Å². The second-order valence-corrected chi connectivity index (χ2v) is 5.61. The van der Waals surface area contributed by atoms with Gasteiger partial charge in [0.25, 0.3) is 0 Å². The van der Waals surface area contributed by atoms with Gasteiger partial charge in [-0.3, -0.25) is 9.59 Å². The molecule has 2 rings (SSSR count). The fourth-order valence-electron chi connectivity index (χ4n) is 2.46. The molecule has 0 aliphatic carbocycles. The molecule has 0 aliphatic heterocycles. The quantitative estimate of drug-likeness (QED) is 0.490. The smallest absolute Gasteiger partial charge is 0.329 e. The Bertz CT molecular complexity index is 826. The second kappa shape index (κ2) is 8.66. The number of ether oxygens (including phenoxy) is 2. The number of anilines is 1. The molecule has 0 saturated carbocycles. The highest BCUT2D eigenvalue weighted by Gasteiger charge is 2.13. The first kappa shape index (κ1) is 19.0. The lowest BCUT2D eigenvalue weighted by molar-refractivity contribution is -0.136. The first-order valence-electron chi connectivity index (χ1n) is 7.88. The van der Waals surface area contributed by atoms with E-state index in [0.29, 0.717) is 22.7 Å². The molecule has 0 aliphatic rings. The van der Waals surface area contributed by atoms with Crippen molar-refractivity contribution < 1.29 is 19.1 Å². The van der Waals surface area contributed by atoms with Crippen LogP contribution in [0.5, 0.6) is 11.5 Å². The molecule has 2 amide bonds. The number of methoxy groups -OCH3 is 2. The summed E-state index contributed by atoms with van der Waals surface area (Å²) in [7, 11) is 3.03. The lowest BCUT2D eigenvalue weighted by Crippen LogP contribution is -2.32. The Labute approximate surface area is 152 Å². The molecule has 2 N–H and O–H groups in total. The summed E-state index contributed by atoms with van der Waals surface area (Å²) in [5, 5.41) is 6.35. The number of para-hydroxylation sites is 1. The van der Waals surface area contributed by atoms with E-state index < -0.39 is 11.8 Å². The number of hydrazone groups is 1. The number of benzene rings is 2. The number of carbonyl (C=O) groups is 2. The Hall–Kier alpha value is -3.35. The number of hydrogen-bond donors (Lipinski definition) is 2. The van der Waals surface area contributed by atoms with E-state index in [1.54, 1.807) is 30.3 Å². The third-order valence-corrected chi connectivity index (χ3v) is 3.49. The molecule has 136 valence electrons. The van der Waals surface area contributed by atoms with Crippen LogP contribution in [0.3, 0.4) is 0 Å². The third kappa shape index (κ3) is 4.83. The lowest BCUT2D eigenvalue weighted by Gasteiger charge is -2.09. The zero-order valence-electron chi connectivity index (χ0n) is 15.1. The standard InChI is InChI=1S/C19H21N3O4/c1-12-8-13(2)10-15(9-12)21-18(23)19(24)22-20-11-14-6-5-7-16(25-3)17(14)26-4/h5-11H,1-4H3,(H,21,23)(H,22,24)/b20-11-. The molecule has 0 atom stereocenters. The minimum Gasteiger partial charge on any atom is -0.493 e. The Morgan fingerprint density at radius 3 is 2.31 bits per heavy atom. The topological polar surface area (TPSA) is 89.0 Å². The Balaban J connectivity index is 2.02. The van der Waals surface area contributed by atoms with Crippen LogP contribution in [0, 0.1) is 13.8 Å². The van der Waals surface area contributed by atoms with Crippen molar-refractivity contribution in [3.8, 4) is 11.5 Å². The second-order valence-electron chi connectivity index (χ2n) is 5.61. The van der Waals surface area contributed by atoms with Gasteiger partial charge in [0.05, 0.1) is 20.4 Å². The zero-order valence-corrected chi connectivity index (χ0v) is 15.1. The molecule has 7 nitrogen and oxygen atoms in total. The molecular formula is C19H21N3O4. The molecule has 0 spiro atoms. The minimum absolute atomic E-state index is 0.479. The van der Waals surface area contributed by atoms with E-state index in [0.717, 1.165) is 11.1 Å². The van der Waals surface area contributed by atoms with Gasteiger partial charge < -0.3 is 14.8 Å². The Kier molecular flexibility index (Phi) is 6.32. The summed E-state index contributed by atoms with van der Waals surface area (Å²) in [4.78, 5) is 23.9. The van der Waals surface area contributed by atoms with Gasteiger partial charge in [0.15, 0.2) is 11.5 Å². The van der Waals surface area contributed by atoms with Crippen molar-refractivity contribution in [3.63, 3.8) is 0 Å². The molecule has 0 fully saturated rings. The van der Waals surface area contributed by atoms with Crippen molar-refractivity contribution in [3.05, 3.63) is 53.1 Å². The van der Waals surface area contributed by atoms with E-state index >= 15 is 0 Å². The number of amides is 2. The molecule has 0 radical (unpaired) electrons. The largest absolute Gasteiger partial charge is 0.493 e. The molecule has 0 bridgehead atoms. The summed E-state index contributed by atoms with van der Waals surface area (Å²) in [6, 6.07) is 10.8. The number of carbonyl (C=O) groups excluding carboxylic acids is 2. The van der Waals surface area contributed by atoms with Crippen LogP contribution < -0.4 is 20.2 Å². The van der Waals surface area contributed by atoms with E-state index in [2.05, 4.69) is 15.8 Å². The normalized spacial score (nSPS) is 10.5. The maximum Gasteiger partial charge on any atom is 0.329 e. The van der Waals surface area contributed by atoms with Gasteiger partial charge in [-0.05, 0) is 49.2 Å². The van der Waals surface area contributed by atoms with Gasteiger partial charge in [-0.1, -0.05) is 12.1 Å². The Morgan fingerprint density at radius 1 is 1.00 bits per heavy atom. The third-order valence-electron chi connectivity index (χ3n) is 3.49. The van der Waals surface area contributed by atoms with Crippen LogP contribution in [0.4, 0.5) is 5.69 Å². The van der Waals surface area contributed by atoms with E-state index in [-0.39, 0.29) is 0 Å². The number of nitrogens with one attached hydrogen (secondary N) is 2. The summed E-state index contributed by atoms with van der Waals surface area (Å²) in [6.45, 7) is 3.82. The lowest BCUT2D eigenvalue weighted by atomic mass is 10.1. The van der Waals surface area contributed by atoms with Gasteiger partial charge in [-0.25, -0.2) is 5.43 Å². The molecule has 0 aromatic heterocycles. The zero-order chi connectivity index (χ0) is 19.1. The van der Waals surface area contributed by atoms with Crippen LogP contribution in [-0.2, 0) is 9.59 Å². The van der Waals surface area contributed by atoms with Crippen molar-refractivity contribution in [2.24, 2.45) is 5.10 Å². The van der Waals surface area contributed by atoms with Gasteiger partial charge in [0.1, 0.15) is 0 Å². The van der Waals surface area contributed by atoms with E-state index in [9.17, 15) is 9.59 Å². The average Bonchev–Trinajstić information content (AvgIpc) is 2.60. The van der Waals surface area contributed by atoms with Gasteiger partial charge in [-0.2, -0.15) is 5.10 Å². The summed E-state index contributed by atoms with van der Waals surface area (Å²) < 4.78 is 10.5. The molecule has 0 heterocycles. The monoisotopic (exact) mass is 355 g/mol. The summed E-state index contributed by atoms with van der Waals surface area (Å²) in [5.74, 6) is -0.657. The number of hydrogen-bond acceptors (Lipinski definition) is 5. The summed E-state index contributed by atoms with van der Waals surface area (Å²) in [5.41, 5.74) is 5.33. The maximum absolute atomic E-state index is 12.0. The number of nitrogens with zero attached hydrogens (tertiary/aromatic N) is 1. The molecule has 0 saturated heterocycles. The predicted molar refractivity (Wildman–Crippen MR) is 99.8 cm³/mol. The highest BCUT2D eigenvalue weighted by molar-refractivity contribution is 6.39. The first-order valence-corrected chi connectivity index (χ1v) is 7.88. The van der Waals surface area contributed by atoms with Gasteiger partial charge in [0.2, 0.25) is 0 Å². The first-order chi connectivity index (χ1) is 12.4.